The van der Waals surface area contributed by atoms with E-state index in [2.05, 4.69) is 52.4 Å². The molecule has 0 aliphatic rings. The Morgan fingerprint density at radius 2 is 1.63 bits per heavy atom. The Hall–Kier alpha value is -2.57. The van der Waals surface area contributed by atoms with Gasteiger partial charge in [0.25, 0.3) is 0 Å². The minimum atomic E-state index is -0.579. The van der Waals surface area contributed by atoms with Crippen LogP contribution in [0, 0.1) is 6.92 Å². The molecule has 1 atom stereocenters. The molecular formula is C29H33BrN2O2S. The Labute approximate surface area is 221 Å². The summed E-state index contributed by atoms with van der Waals surface area (Å²) in [5, 5.41) is 3.02. The maximum absolute atomic E-state index is 13.6. The highest BCUT2D eigenvalue weighted by Gasteiger charge is 2.30. The molecule has 3 aromatic carbocycles. The molecule has 0 spiro atoms. The summed E-state index contributed by atoms with van der Waals surface area (Å²) >= 11 is 5.15. The minimum Gasteiger partial charge on any atom is -0.354 e. The van der Waals surface area contributed by atoms with E-state index in [1.54, 1.807) is 16.7 Å². The second-order valence-corrected chi connectivity index (χ2v) is 10.6. The maximum atomic E-state index is 13.6. The van der Waals surface area contributed by atoms with Crippen molar-refractivity contribution in [3.05, 3.63) is 100 Å². The van der Waals surface area contributed by atoms with Gasteiger partial charge in [0.05, 0.1) is 0 Å². The van der Waals surface area contributed by atoms with Crippen LogP contribution in [0.4, 0.5) is 0 Å². The molecule has 184 valence electrons. The van der Waals surface area contributed by atoms with E-state index in [4.69, 9.17) is 0 Å². The Kier molecular flexibility index (Phi) is 10.9. The zero-order valence-electron chi connectivity index (χ0n) is 20.4. The molecule has 6 heteroatoms. The molecule has 0 saturated carbocycles. The Morgan fingerprint density at radius 1 is 0.943 bits per heavy atom. The van der Waals surface area contributed by atoms with Crippen LogP contribution in [0.3, 0.4) is 0 Å². The molecule has 4 nitrogen and oxygen atoms in total. The van der Waals surface area contributed by atoms with Gasteiger partial charge in [-0.25, -0.2) is 0 Å². The quantitative estimate of drug-likeness (QED) is 0.264. The lowest BCUT2D eigenvalue weighted by atomic mass is 10.0. The third-order valence-electron chi connectivity index (χ3n) is 5.69. The standard InChI is InChI=1S/C29H33BrN2O2S/c1-3-18-31-29(34)27(20-23-7-5-4-6-8-23)32(21-24-11-13-25(30)14-12-24)28(33)17-19-35-26-15-9-22(2)10-16-26/h4-16,27H,3,17-21H2,1-2H3,(H,31,34)/t27-/m1/s1. The molecule has 0 aliphatic heterocycles. The topological polar surface area (TPSA) is 49.4 Å². The average molecular weight is 554 g/mol. The van der Waals surface area contributed by atoms with Crippen LogP contribution in [0.1, 0.15) is 36.5 Å². The first-order chi connectivity index (χ1) is 17.0. The third-order valence-corrected chi connectivity index (χ3v) is 7.23. The van der Waals surface area contributed by atoms with Crippen LogP contribution in [-0.4, -0.2) is 35.1 Å². The van der Waals surface area contributed by atoms with Gasteiger partial charge in [-0.1, -0.05) is 83.0 Å². The van der Waals surface area contributed by atoms with Crippen molar-refractivity contribution in [1.29, 1.82) is 0 Å². The maximum Gasteiger partial charge on any atom is 0.243 e. The van der Waals surface area contributed by atoms with Crippen molar-refractivity contribution in [2.75, 3.05) is 12.3 Å². The molecule has 3 aromatic rings. The van der Waals surface area contributed by atoms with Crippen molar-refractivity contribution in [2.24, 2.45) is 0 Å². The molecule has 0 radical (unpaired) electrons. The molecule has 0 fully saturated rings. The first-order valence-electron chi connectivity index (χ1n) is 12.0. The molecule has 0 saturated heterocycles. The molecule has 0 heterocycles. The lowest BCUT2D eigenvalue weighted by Crippen LogP contribution is -2.50. The fourth-order valence-electron chi connectivity index (χ4n) is 3.74. The van der Waals surface area contributed by atoms with Gasteiger partial charge in [0.2, 0.25) is 11.8 Å². The summed E-state index contributed by atoms with van der Waals surface area (Å²) < 4.78 is 0.982. The van der Waals surface area contributed by atoms with Crippen LogP contribution >= 0.6 is 27.7 Å². The van der Waals surface area contributed by atoms with Gasteiger partial charge in [0, 0.05) is 41.1 Å². The van der Waals surface area contributed by atoms with Gasteiger partial charge in [-0.2, -0.15) is 0 Å². The van der Waals surface area contributed by atoms with Crippen LogP contribution in [0.2, 0.25) is 0 Å². The second-order valence-electron chi connectivity index (χ2n) is 8.56. The van der Waals surface area contributed by atoms with Crippen molar-refractivity contribution >= 4 is 39.5 Å². The number of thioether (sulfide) groups is 1. The molecule has 1 N–H and O–H groups in total. The number of carbonyl (C=O) groups is 2. The molecular weight excluding hydrogens is 520 g/mol. The molecule has 0 unspecified atom stereocenters. The third kappa shape index (κ3) is 8.86. The Balaban J connectivity index is 1.81. The molecule has 0 bridgehead atoms. The summed E-state index contributed by atoms with van der Waals surface area (Å²) in [7, 11) is 0. The van der Waals surface area contributed by atoms with Crippen molar-refractivity contribution in [2.45, 2.75) is 50.6 Å². The molecule has 35 heavy (non-hydrogen) atoms. The van der Waals surface area contributed by atoms with Gasteiger partial charge in [-0.15, -0.1) is 11.8 Å². The van der Waals surface area contributed by atoms with Crippen molar-refractivity contribution < 1.29 is 9.59 Å². The first kappa shape index (κ1) is 27.0. The number of hydrogen-bond donors (Lipinski definition) is 1. The van der Waals surface area contributed by atoms with Gasteiger partial charge in [0.15, 0.2) is 0 Å². The fourth-order valence-corrected chi connectivity index (χ4v) is 4.85. The summed E-state index contributed by atoms with van der Waals surface area (Å²) in [5.41, 5.74) is 3.24. The van der Waals surface area contributed by atoms with E-state index in [1.807, 2.05) is 61.5 Å². The molecule has 0 aliphatic carbocycles. The predicted octanol–water partition coefficient (Wildman–Crippen LogP) is 6.41. The minimum absolute atomic E-state index is 0.0138. The van der Waals surface area contributed by atoms with Gasteiger partial charge in [0.1, 0.15) is 6.04 Å². The van der Waals surface area contributed by atoms with Gasteiger partial charge >= 0.3 is 0 Å². The number of amides is 2. The number of aryl methyl sites for hydroxylation is 1. The van der Waals surface area contributed by atoms with Gasteiger partial charge in [-0.3, -0.25) is 9.59 Å². The normalized spacial score (nSPS) is 11.6. The smallest absolute Gasteiger partial charge is 0.243 e. The highest BCUT2D eigenvalue weighted by Crippen LogP contribution is 2.22. The van der Waals surface area contributed by atoms with E-state index in [0.29, 0.717) is 31.7 Å². The summed E-state index contributed by atoms with van der Waals surface area (Å²) in [6, 6.07) is 25.6. The van der Waals surface area contributed by atoms with E-state index >= 15 is 0 Å². The fraction of sp³-hybridized carbons (Fsp3) is 0.310. The van der Waals surface area contributed by atoms with Crippen LogP contribution in [-0.2, 0) is 22.6 Å². The lowest BCUT2D eigenvalue weighted by Gasteiger charge is -2.31. The van der Waals surface area contributed by atoms with E-state index in [9.17, 15) is 9.59 Å². The van der Waals surface area contributed by atoms with E-state index in [0.717, 1.165) is 26.9 Å². The summed E-state index contributed by atoms with van der Waals surface area (Å²) in [6.07, 6.45) is 1.68. The summed E-state index contributed by atoms with van der Waals surface area (Å²) in [5.74, 6) is 0.542. The number of nitrogens with one attached hydrogen (secondary N) is 1. The van der Waals surface area contributed by atoms with Crippen LogP contribution in [0.15, 0.2) is 88.2 Å². The summed E-state index contributed by atoms with van der Waals surface area (Å²) in [6.45, 7) is 5.07. The number of carbonyl (C=O) groups excluding carboxylic acids is 2. The second kappa shape index (κ2) is 14.1. The van der Waals surface area contributed by atoms with Crippen LogP contribution in [0.25, 0.3) is 0 Å². The molecule has 3 rings (SSSR count). The zero-order chi connectivity index (χ0) is 25.0. The molecule has 2 amide bonds. The first-order valence-corrected chi connectivity index (χ1v) is 13.8. The monoisotopic (exact) mass is 552 g/mol. The van der Waals surface area contributed by atoms with E-state index in [-0.39, 0.29) is 11.8 Å². The largest absolute Gasteiger partial charge is 0.354 e. The zero-order valence-corrected chi connectivity index (χ0v) is 22.8. The Bertz CT molecular complexity index is 1070. The SMILES string of the molecule is CCCNC(=O)[C@@H](Cc1ccccc1)N(Cc1ccc(Br)cc1)C(=O)CCSc1ccc(C)cc1. The Morgan fingerprint density at radius 3 is 2.29 bits per heavy atom. The van der Waals surface area contributed by atoms with Crippen LogP contribution in [0.5, 0.6) is 0 Å². The lowest BCUT2D eigenvalue weighted by molar-refractivity contribution is -0.141. The number of benzene rings is 3. The van der Waals surface area contributed by atoms with Crippen LogP contribution < -0.4 is 5.32 Å². The average Bonchev–Trinajstić information content (AvgIpc) is 2.87. The van der Waals surface area contributed by atoms with E-state index in [1.165, 1.54) is 5.56 Å². The highest BCUT2D eigenvalue weighted by molar-refractivity contribution is 9.10. The highest BCUT2D eigenvalue weighted by atomic mass is 79.9. The van der Waals surface area contributed by atoms with Crippen molar-refractivity contribution in [1.82, 2.24) is 10.2 Å². The van der Waals surface area contributed by atoms with Gasteiger partial charge < -0.3 is 10.2 Å². The number of halogens is 1. The summed E-state index contributed by atoms with van der Waals surface area (Å²) in [4.78, 5) is 29.8. The van der Waals surface area contributed by atoms with Gasteiger partial charge in [-0.05, 0) is 48.7 Å². The number of nitrogens with zero attached hydrogens (tertiary/aromatic N) is 1. The number of rotatable bonds is 12. The van der Waals surface area contributed by atoms with E-state index < -0.39 is 6.04 Å². The number of hydrogen-bond acceptors (Lipinski definition) is 3. The van der Waals surface area contributed by atoms with Crippen molar-refractivity contribution in [3.8, 4) is 0 Å². The molecule has 0 aromatic heterocycles. The van der Waals surface area contributed by atoms with Crippen molar-refractivity contribution in [3.63, 3.8) is 0 Å². The predicted molar refractivity (Wildman–Crippen MR) is 148 cm³/mol.